The highest BCUT2D eigenvalue weighted by atomic mass is 16.3. The maximum Gasteiger partial charge on any atom is 0.137 e. The molecule has 0 spiro atoms. The van der Waals surface area contributed by atoms with Crippen LogP contribution in [0.1, 0.15) is 25.0 Å². The van der Waals surface area contributed by atoms with E-state index in [1.54, 1.807) is 0 Å². The van der Waals surface area contributed by atoms with Crippen LogP contribution < -0.4 is 4.90 Å². The van der Waals surface area contributed by atoms with E-state index in [1.807, 2.05) is 18.2 Å². The zero-order chi connectivity index (χ0) is 40.4. The lowest BCUT2D eigenvalue weighted by atomic mass is 9.82. The molecule has 61 heavy (non-hydrogen) atoms. The van der Waals surface area contributed by atoms with Gasteiger partial charge in [0.15, 0.2) is 0 Å². The van der Waals surface area contributed by atoms with Crippen LogP contribution in [0.25, 0.3) is 99.2 Å². The molecule has 4 heteroatoms. The molecular weight excluding hydrogens is 747 g/mol. The molecule has 0 aliphatic heterocycles. The van der Waals surface area contributed by atoms with Gasteiger partial charge in [-0.2, -0.15) is 0 Å². The van der Waals surface area contributed by atoms with Crippen LogP contribution in [-0.4, -0.2) is 0 Å². The van der Waals surface area contributed by atoms with Crippen LogP contribution in [0.2, 0.25) is 0 Å². The van der Waals surface area contributed by atoms with E-state index in [4.69, 9.17) is 13.3 Å². The number of para-hydroxylation sites is 1. The van der Waals surface area contributed by atoms with Gasteiger partial charge >= 0.3 is 0 Å². The number of hydrogen-bond acceptors (Lipinski definition) is 4. The van der Waals surface area contributed by atoms with Crippen molar-refractivity contribution in [3.05, 3.63) is 199 Å². The maximum atomic E-state index is 6.77. The summed E-state index contributed by atoms with van der Waals surface area (Å²) in [6.45, 7) is 4.67. The highest BCUT2D eigenvalue weighted by Crippen LogP contribution is 2.51. The first kappa shape index (κ1) is 34.1. The average molecular weight is 784 g/mol. The normalized spacial score (nSPS) is 13.2. The fourth-order valence-electron chi connectivity index (χ4n) is 9.97. The summed E-state index contributed by atoms with van der Waals surface area (Å²) in [5.74, 6) is 0. The lowest BCUT2D eigenvalue weighted by Gasteiger charge is -2.28. The summed E-state index contributed by atoms with van der Waals surface area (Å²) in [7, 11) is 0. The minimum absolute atomic E-state index is 0.140. The molecule has 0 saturated heterocycles. The molecule has 0 unspecified atom stereocenters. The number of anilines is 3. The van der Waals surface area contributed by atoms with Crippen molar-refractivity contribution in [3.63, 3.8) is 0 Å². The Labute approximate surface area is 351 Å². The Hall–Kier alpha value is -7.82. The molecule has 0 radical (unpaired) electrons. The molecule has 288 valence electrons. The standard InChI is InChI=1S/C57H37NO3/c1-57(2)49-14-8-6-12-41(49)42-24-22-39(30-50(42)57)58(38-20-16-35(17-21-38)37-19-26-52-45(28-37)43-13-7-9-15-51(43)59-52)40-23-25-44-47-32-56-48(33-55(47)61-54(44)31-40)46-29-36(18-27-53(46)60-56)34-10-4-3-5-11-34/h3-33H,1-2H3. The highest BCUT2D eigenvalue weighted by molar-refractivity contribution is 6.15. The van der Waals surface area contributed by atoms with Crippen molar-refractivity contribution in [1.82, 2.24) is 0 Å². The van der Waals surface area contributed by atoms with Gasteiger partial charge in [-0.15, -0.1) is 0 Å². The minimum Gasteiger partial charge on any atom is -0.456 e. The summed E-state index contributed by atoms with van der Waals surface area (Å²) < 4.78 is 19.4. The molecule has 3 heterocycles. The first-order chi connectivity index (χ1) is 29.9. The second kappa shape index (κ2) is 12.6. The lowest BCUT2D eigenvalue weighted by molar-refractivity contribution is 0.660. The van der Waals surface area contributed by atoms with Crippen molar-refractivity contribution in [2.75, 3.05) is 4.90 Å². The molecule has 4 nitrogen and oxygen atoms in total. The largest absolute Gasteiger partial charge is 0.456 e. The monoisotopic (exact) mass is 783 g/mol. The zero-order valence-electron chi connectivity index (χ0n) is 33.6. The molecular formula is C57H37NO3. The number of rotatable bonds is 5. The second-order valence-corrected chi connectivity index (χ2v) is 16.9. The molecule has 12 aromatic rings. The lowest BCUT2D eigenvalue weighted by Crippen LogP contribution is -2.16. The van der Waals surface area contributed by atoms with Gasteiger partial charge in [0.25, 0.3) is 0 Å². The predicted octanol–water partition coefficient (Wildman–Crippen LogP) is 16.5. The van der Waals surface area contributed by atoms with Crippen LogP contribution in [0.15, 0.2) is 201 Å². The van der Waals surface area contributed by atoms with Gasteiger partial charge in [-0.1, -0.05) is 117 Å². The average Bonchev–Trinajstić information content (AvgIpc) is 4.03. The number of nitrogens with zero attached hydrogens (tertiary/aromatic N) is 1. The van der Waals surface area contributed by atoms with Gasteiger partial charge in [0.2, 0.25) is 0 Å². The Morgan fingerprint density at radius 1 is 0.311 bits per heavy atom. The Balaban J connectivity index is 0.943. The Morgan fingerprint density at radius 3 is 1.59 bits per heavy atom. The third kappa shape index (κ3) is 5.12. The van der Waals surface area contributed by atoms with E-state index in [9.17, 15) is 0 Å². The molecule has 0 bridgehead atoms. The third-order valence-corrected chi connectivity index (χ3v) is 13.1. The van der Waals surface area contributed by atoms with Crippen LogP contribution >= 0.6 is 0 Å². The summed E-state index contributed by atoms with van der Waals surface area (Å²) in [5.41, 5.74) is 18.1. The topological polar surface area (TPSA) is 42.7 Å². The quantitative estimate of drug-likeness (QED) is 0.174. The van der Waals surface area contributed by atoms with Gasteiger partial charge in [-0.25, -0.2) is 0 Å². The van der Waals surface area contributed by atoms with Gasteiger partial charge in [0.05, 0.1) is 0 Å². The summed E-state index contributed by atoms with van der Waals surface area (Å²) in [6, 6.07) is 67.1. The molecule has 0 N–H and O–H groups in total. The van der Waals surface area contributed by atoms with Gasteiger partial charge < -0.3 is 18.2 Å². The first-order valence-electron chi connectivity index (χ1n) is 20.9. The van der Waals surface area contributed by atoms with Crippen molar-refractivity contribution < 1.29 is 13.3 Å². The van der Waals surface area contributed by atoms with Crippen LogP contribution in [0.5, 0.6) is 0 Å². The summed E-state index contributed by atoms with van der Waals surface area (Å²) in [5, 5.41) is 6.46. The van der Waals surface area contributed by atoms with E-state index in [2.05, 4.69) is 189 Å². The van der Waals surface area contributed by atoms with Crippen LogP contribution in [0.3, 0.4) is 0 Å². The Kier molecular flexibility index (Phi) is 7.04. The molecule has 1 aliphatic carbocycles. The maximum absolute atomic E-state index is 6.77. The van der Waals surface area contributed by atoms with Crippen LogP contribution in [0.4, 0.5) is 17.1 Å². The molecule has 9 aromatic carbocycles. The molecule has 0 fully saturated rings. The van der Waals surface area contributed by atoms with Gasteiger partial charge in [0.1, 0.15) is 33.5 Å². The number of hydrogen-bond donors (Lipinski definition) is 0. The smallest absolute Gasteiger partial charge is 0.137 e. The van der Waals surface area contributed by atoms with Gasteiger partial charge in [-0.3, -0.25) is 0 Å². The van der Waals surface area contributed by atoms with Gasteiger partial charge in [-0.05, 0) is 123 Å². The second-order valence-electron chi connectivity index (χ2n) is 16.9. The van der Waals surface area contributed by atoms with E-state index in [-0.39, 0.29) is 5.41 Å². The molecule has 13 rings (SSSR count). The fraction of sp³-hybridized carbons (Fsp3) is 0.0526. The number of fused-ring (bicyclic) bond motifs is 12. The number of benzene rings is 9. The fourth-order valence-corrected chi connectivity index (χ4v) is 9.97. The summed E-state index contributed by atoms with van der Waals surface area (Å²) >= 11 is 0. The van der Waals surface area contributed by atoms with E-state index in [1.165, 1.54) is 27.8 Å². The van der Waals surface area contributed by atoms with Crippen molar-refractivity contribution >= 4 is 82.9 Å². The van der Waals surface area contributed by atoms with E-state index >= 15 is 0 Å². The van der Waals surface area contributed by atoms with Crippen LogP contribution in [-0.2, 0) is 5.41 Å². The third-order valence-electron chi connectivity index (χ3n) is 13.1. The zero-order valence-corrected chi connectivity index (χ0v) is 33.6. The molecule has 1 aliphatic rings. The SMILES string of the molecule is CC1(C)c2ccccc2-c2ccc(N(c3ccc(-c4ccc5oc6ccccc6c5c4)cc3)c3ccc4c(c3)oc3cc5c(cc34)oc3ccc(-c4ccccc4)cc35)cc21. The van der Waals surface area contributed by atoms with E-state index in [0.717, 1.165) is 99.6 Å². The van der Waals surface area contributed by atoms with Gasteiger partial charge in [0, 0.05) is 60.9 Å². The molecule has 0 saturated carbocycles. The summed E-state index contributed by atoms with van der Waals surface area (Å²) in [6.07, 6.45) is 0. The van der Waals surface area contributed by atoms with E-state index < -0.39 is 0 Å². The van der Waals surface area contributed by atoms with Crippen molar-refractivity contribution in [2.45, 2.75) is 19.3 Å². The van der Waals surface area contributed by atoms with Crippen molar-refractivity contribution in [1.29, 1.82) is 0 Å². The van der Waals surface area contributed by atoms with Crippen molar-refractivity contribution in [2.24, 2.45) is 0 Å². The summed E-state index contributed by atoms with van der Waals surface area (Å²) in [4.78, 5) is 2.35. The highest BCUT2D eigenvalue weighted by Gasteiger charge is 2.35. The minimum atomic E-state index is -0.140. The Morgan fingerprint density at radius 2 is 0.803 bits per heavy atom. The van der Waals surface area contributed by atoms with Crippen molar-refractivity contribution in [3.8, 4) is 33.4 Å². The molecule has 0 atom stereocenters. The van der Waals surface area contributed by atoms with E-state index in [0.29, 0.717) is 0 Å². The van der Waals surface area contributed by atoms with Crippen LogP contribution in [0, 0.1) is 0 Å². The predicted molar refractivity (Wildman–Crippen MR) is 251 cm³/mol. The first-order valence-corrected chi connectivity index (χ1v) is 20.9. The molecule has 0 amide bonds. The number of furan rings is 3. The molecule has 3 aromatic heterocycles. The Bertz CT molecular complexity index is 3730.